The SMILES string of the molecule is CCCCOC(=O)CCCCCCCCCCC(=O)NCOCCC(=O)NCCCNC(=O)CCCCOC1OC(Cn2cc(-c3cccc(OC)c3)nn2)C(OC(=O)c2ccccc2)C(OC(=O)c2ccccc2)C1NC(C)=O. The highest BCUT2D eigenvalue weighted by molar-refractivity contribution is 5.90. The monoisotopic (exact) mass is 1110 g/mol. The second-order valence-corrected chi connectivity index (χ2v) is 19.5. The molecule has 0 radical (unpaired) electrons. The predicted molar refractivity (Wildman–Crippen MR) is 296 cm³/mol. The molecule has 80 heavy (non-hydrogen) atoms. The third-order valence-corrected chi connectivity index (χ3v) is 13.0. The Morgan fingerprint density at radius 2 is 1.23 bits per heavy atom. The van der Waals surface area contributed by atoms with Crippen molar-refractivity contribution < 1.29 is 66.7 Å². The van der Waals surface area contributed by atoms with Crippen LogP contribution >= 0.6 is 0 Å². The Balaban J connectivity index is 1.02. The maximum absolute atomic E-state index is 13.8. The summed E-state index contributed by atoms with van der Waals surface area (Å²) in [5.74, 6) is -1.91. The number of nitrogens with one attached hydrogen (secondary N) is 4. The highest BCUT2D eigenvalue weighted by Crippen LogP contribution is 2.31. The van der Waals surface area contributed by atoms with E-state index in [1.807, 2.05) is 18.2 Å². The van der Waals surface area contributed by atoms with Crippen LogP contribution in [-0.2, 0) is 58.9 Å². The molecule has 5 atom stereocenters. The molecule has 1 saturated heterocycles. The van der Waals surface area contributed by atoms with Crippen LogP contribution in [0.5, 0.6) is 5.75 Å². The molecule has 0 bridgehead atoms. The van der Waals surface area contributed by atoms with Gasteiger partial charge >= 0.3 is 17.9 Å². The van der Waals surface area contributed by atoms with Crippen LogP contribution in [0.2, 0.25) is 0 Å². The minimum absolute atomic E-state index is 0.0305. The second-order valence-electron chi connectivity index (χ2n) is 19.5. The van der Waals surface area contributed by atoms with Crippen LogP contribution in [0, 0.1) is 0 Å². The Morgan fingerprint density at radius 3 is 1.86 bits per heavy atom. The molecule has 5 unspecified atom stereocenters. The smallest absolute Gasteiger partial charge is 0.338 e. The topological polar surface area (TPSA) is 263 Å². The van der Waals surface area contributed by atoms with Gasteiger partial charge in [-0.05, 0) is 74.9 Å². The van der Waals surface area contributed by atoms with Gasteiger partial charge in [-0.2, -0.15) is 0 Å². The minimum atomic E-state index is -1.34. The van der Waals surface area contributed by atoms with E-state index >= 15 is 0 Å². The molecule has 1 aliphatic heterocycles. The van der Waals surface area contributed by atoms with Gasteiger partial charge in [0.15, 0.2) is 18.5 Å². The van der Waals surface area contributed by atoms with Gasteiger partial charge in [-0.3, -0.25) is 24.0 Å². The van der Waals surface area contributed by atoms with Gasteiger partial charge in [0.1, 0.15) is 30.3 Å². The number of amides is 4. The zero-order chi connectivity index (χ0) is 57.2. The molecule has 5 rings (SSSR count). The van der Waals surface area contributed by atoms with Gasteiger partial charge in [0.25, 0.3) is 0 Å². The van der Waals surface area contributed by atoms with Crippen LogP contribution in [0.25, 0.3) is 11.3 Å². The summed E-state index contributed by atoms with van der Waals surface area (Å²) in [4.78, 5) is 89.4. The van der Waals surface area contributed by atoms with E-state index in [4.69, 9.17) is 33.2 Å². The van der Waals surface area contributed by atoms with Gasteiger partial charge in [-0.1, -0.05) is 106 Å². The number of carbonyl (C=O) groups is 7. The Kier molecular flexibility index (Phi) is 29.3. The van der Waals surface area contributed by atoms with Crippen molar-refractivity contribution in [3.8, 4) is 17.0 Å². The second kappa shape index (κ2) is 36.8. The molecule has 21 nitrogen and oxygen atoms in total. The highest BCUT2D eigenvalue weighted by atomic mass is 16.7. The van der Waals surface area contributed by atoms with E-state index in [1.165, 1.54) is 11.6 Å². The molecule has 3 aromatic carbocycles. The molecule has 4 N–H and O–H groups in total. The molecule has 2 heterocycles. The summed E-state index contributed by atoms with van der Waals surface area (Å²) in [5, 5.41) is 19.9. The quantitative estimate of drug-likeness (QED) is 0.0150. The first-order valence-corrected chi connectivity index (χ1v) is 28.1. The van der Waals surface area contributed by atoms with Crippen molar-refractivity contribution in [1.29, 1.82) is 0 Å². The van der Waals surface area contributed by atoms with E-state index in [9.17, 15) is 33.6 Å². The lowest BCUT2D eigenvalue weighted by Gasteiger charge is -2.45. The summed E-state index contributed by atoms with van der Waals surface area (Å²) in [6.45, 7) is 4.78. The lowest BCUT2D eigenvalue weighted by molar-refractivity contribution is -0.266. The number of ether oxygens (including phenoxy) is 7. The lowest BCUT2D eigenvalue weighted by atomic mass is 9.95. The number of benzene rings is 3. The average Bonchev–Trinajstić information content (AvgIpc) is 4.04. The van der Waals surface area contributed by atoms with Crippen LogP contribution in [0.15, 0.2) is 91.1 Å². The molecule has 4 aromatic rings. The van der Waals surface area contributed by atoms with Crippen molar-refractivity contribution in [2.45, 2.75) is 160 Å². The molecule has 0 saturated carbocycles. The molecule has 21 heteroatoms. The lowest BCUT2D eigenvalue weighted by Crippen LogP contribution is -2.66. The summed E-state index contributed by atoms with van der Waals surface area (Å²) in [5.41, 5.74) is 1.71. The van der Waals surface area contributed by atoms with Crippen molar-refractivity contribution >= 4 is 41.5 Å². The van der Waals surface area contributed by atoms with Gasteiger partial charge in [-0.15, -0.1) is 5.10 Å². The normalized spacial score (nSPS) is 16.7. The number of aromatic nitrogens is 3. The summed E-state index contributed by atoms with van der Waals surface area (Å²) >= 11 is 0. The largest absolute Gasteiger partial charge is 0.497 e. The molecular weight excluding hydrogens is 1030 g/mol. The van der Waals surface area contributed by atoms with Crippen molar-refractivity contribution in [3.63, 3.8) is 0 Å². The average molecular weight is 1110 g/mol. The van der Waals surface area contributed by atoms with E-state index in [0.717, 1.165) is 69.8 Å². The van der Waals surface area contributed by atoms with Gasteiger partial charge in [0.2, 0.25) is 23.6 Å². The number of hydrogen-bond acceptors (Lipinski definition) is 16. The van der Waals surface area contributed by atoms with Crippen molar-refractivity contribution in [2.75, 3.05) is 46.8 Å². The fourth-order valence-corrected chi connectivity index (χ4v) is 8.66. The minimum Gasteiger partial charge on any atom is -0.497 e. The maximum atomic E-state index is 13.8. The number of nitrogens with zero attached hydrogens (tertiary/aromatic N) is 3. The molecular formula is C59H81N7O14. The van der Waals surface area contributed by atoms with Crippen LogP contribution in [0.3, 0.4) is 0 Å². The number of hydrogen-bond donors (Lipinski definition) is 4. The Hall–Kier alpha value is -7.23. The summed E-state index contributed by atoms with van der Waals surface area (Å²) in [6, 6.07) is 22.7. The molecule has 1 aromatic heterocycles. The molecule has 1 fully saturated rings. The first-order chi connectivity index (χ1) is 38.9. The van der Waals surface area contributed by atoms with E-state index in [0.29, 0.717) is 63.2 Å². The molecule has 0 spiro atoms. The number of esters is 3. The third-order valence-electron chi connectivity index (χ3n) is 13.0. The molecule has 4 amide bonds. The van der Waals surface area contributed by atoms with Crippen LogP contribution in [-0.4, -0.2) is 134 Å². The zero-order valence-corrected chi connectivity index (χ0v) is 46.6. The number of unbranched alkanes of at least 4 members (excludes halogenated alkanes) is 9. The van der Waals surface area contributed by atoms with Gasteiger partial charge < -0.3 is 54.4 Å². The summed E-state index contributed by atoms with van der Waals surface area (Å²) in [7, 11) is 1.56. The standard InChI is InChI=1S/C59H81N7O14/c1-4-5-36-76-53(71)32-19-11-9-7-6-8-10-18-30-51(69)62-42-75-38-33-52(70)61-35-23-34-60-50(68)31-20-21-37-77-59-54(63-43(2)67)56(80-58(73)45-26-16-13-17-27-45)55(79-57(72)44-24-14-12-15-25-44)49(78-59)41-66-40-48(64-65-66)46-28-22-29-47(39-46)74-3/h12-17,22,24-29,39-40,49,54-56,59H,4-11,18-21,23,30-38,41-42H2,1-3H3,(H,60,68)(H,61,70)(H,62,69)(H,63,67). The van der Waals surface area contributed by atoms with E-state index < -0.39 is 48.5 Å². The Bertz CT molecular complexity index is 2500. The fraction of sp³-hybridized carbons (Fsp3) is 0.542. The van der Waals surface area contributed by atoms with E-state index in [-0.39, 0.29) is 74.1 Å². The van der Waals surface area contributed by atoms with E-state index in [2.05, 4.69) is 38.5 Å². The summed E-state index contributed by atoms with van der Waals surface area (Å²) < 4.78 is 42.7. The molecule has 1 aliphatic rings. The van der Waals surface area contributed by atoms with Crippen molar-refractivity contribution in [3.05, 3.63) is 102 Å². The zero-order valence-electron chi connectivity index (χ0n) is 46.6. The number of methoxy groups -OCH3 is 1. The van der Waals surface area contributed by atoms with Crippen molar-refractivity contribution in [1.82, 2.24) is 36.3 Å². The highest BCUT2D eigenvalue weighted by Gasteiger charge is 2.52. The third kappa shape index (κ3) is 24.0. The number of rotatable bonds is 38. The predicted octanol–water partition coefficient (Wildman–Crippen LogP) is 7.17. The van der Waals surface area contributed by atoms with Gasteiger partial charge in [0, 0.05) is 51.4 Å². The van der Waals surface area contributed by atoms with Crippen molar-refractivity contribution in [2.24, 2.45) is 0 Å². The molecule has 436 valence electrons. The molecule has 0 aliphatic carbocycles. The first kappa shape index (κ1) is 63.6. The van der Waals surface area contributed by atoms with Gasteiger partial charge in [0.05, 0.1) is 50.6 Å². The van der Waals surface area contributed by atoms with Crippen LogP contribution in [0.4, 0.5) is 0 Å². The Labute approximate surface area is 469 Å². The number of carbonyl (C=O) groups excluding carboxylic acids is 7. The van der Waals surface area contributed by atoms with Crippen LogP contribution < -0.4 is 26.0 Å². The Morgan fingerprint density at radius 1 is 0.625 bits per heavy atom. The van der Waals surface area contributed by atoms with E-state index in [1.54, 1.807) is 80.0 Å². The maximum Gasteiger partial charge on any atom is 0.338 e. The summed E-state index contributed by atoms with van der Waals surface area (Å²) in [6.07, 6.45) is 9.28. The fourth-order valence-electron chi connectivity index (χ4n) is 8.66. The first-order valence-electron chi connectivity index (χ1n) is 28.1. The van der Waals surface area contributed by atoms with Crippen LogP contribution in [0.1, 0.15) is 144 Å². The van der Waals surface area contributed by atoms with Gasteiger partial charge in [-0.25, -0.2) is 14.3 Å².